The molecule has 0 unspecified atom stereocenters. The van der Waals surface area contributed by atoms with Gasteiger partial charge in [-0.25, -0.2) is 14.3 Å². The molecule has 1 saturated carbocycles. The number of amides is 1. The summed E-state index contributed by atoms with van der Waals surface area (Å²) in [6.45, 7) is 5.74. The molecule has 0 spiro atoms. The van der Waals surface area contributed by atoms with Crippen LogP contribution >= 0.6 is 0 Å². The molecule has 23 heavy (non-hydrogen) atoms. The van der Waals surface area contributed by atoms with Crippen LogP contribution in [0.5, 0.6) is 0 Å². The summed E-state index contributed by atoms with van der Waals surface area (Å²) < 4.78 is 8.00. The Bertz CT molecular complexity index is 628. The van der Waals surface area contributed by atoms with Gasteiger partial charge in [0.15, 0.2) is 0 Å². The number of carbonyl (C=O) groups is 1. The van der Waals surface area contributed by atoms with Gasteiger partial charge in [0.25, 0.3) is 0 Å². The van der Waals surface area contributed by atoms with Crippen LogP contribution in [0.2, 0.25) is 0 Å². The lowest BCUT2D eigenvalue weighted by Crippen LogP contribution is -2.36. The standard InChI is InChI=1S/C15H26N4O4/c1-15(2,3)23-13(21)16-8-10-6-9(7-11(10)20)12-17-19(5)14(22)18(12)4/h9-11,20H,6-8H2,1-5H3,(H,16,21)/t9-,10+,11+/m1/s1. The molecule has 1 aliphatic carbocycles. The fourth-order valence-corrected chi connectivity index (χ4v) is 3.00. The van der Waals surface area contributed by atoms with Gasteiger partial charge in [0, 0.05) is 32.5 Å². The van der Waals surface area contributed by atoms with Crippen LogP contribution in [0.1, 0.15) is 45.4 Å². The van der Waals surface area contributed by atoms with Gasteiger partial charge in [-0.15, -0.1) is 0 Å². The number of aliphatic hydroxyl groups is 1. The molecule has 2 rings (SSSR count). The topological polar surface area (TPSA) is 98.4 Å². The maximum Gasteiger partial charge on any atom is 0.407 e. The van der Waals surface area contributed by atoms with Crippen LogP contribution in [0, 0.1) is 5.92 Å². The fraction of sp³-hybridized carbons (Fsp3) is 0.800. The summed E-state index contributed by atoms with van der Waals surface area (Å²) in [7, 11) is 3.29. The SMILES string of the molecule is Cn1nc([C@@H]2C[C@@H](CNC(=O)OC(C)(C)C)[C@@H](O)C2)n(C)c1=O. The number of nitrogens with zero attached hydrogens (tertiary/aromatic N) is 3. The fourth-order valence-electron chi connectivity index (χ4n) is 3.00. The minimum atomic E-state index is -0.548. The third kappa shape index (κ3) is 4.13. The van der Waals surface area contributed by atoms with E-state index in [0.717, 1.165) is 0 Å². The zero-order valence-corrected chi connectivity index (χ0v) is 14.4. The molecular formula is C15H26N4O4. The Morgan fingerprint density at radius 1 is 1.39 bits per heavy atom. The highest BCUT2D eigenvalue weighted by atomic mass is 16.6. The van der Waals surface area contributed by atoms with Crippen molar-refractivity contribution in [2.75, 3.05) is 6.54 Å². The van der Waals surface area contributed by atoms with E-state index in [2.05, 4.69) is 10.4 Å². The van der Waals surface area contributed by atoms with Gasteiger partial charge in [-0.05, 0) is 33.6 Å². The second kappa shape index (κ2) is 6.35. The molecule has 8 heteroatoms. The smallest absolute Gasteiger partial charge is 0.407 e. The number of aliphatic hydroxyl groups excluding tert-OH is 1. The summed E-state index contributed by atoms with van der Waals surface area (Å²) in [5, 5.41) is 17.2. The number of rotatable bonds is 3. The van der Waals surface area contributed by atoms with Crippen LogP contribution in [0.15, 0.2) is 4.79 Å². The van der Waals surface area contributed by atoms with E-state index in [-0.39, 0.29) is 17.5 Å². The van der Waals surface area contributed by atoms with Crippen LogP contribution in [0.3, 0.4) is 0 Å². The van der Waals surface area contributed by atoms with E-state index in [4.69, 9.17) is 4.74 Å². The zero-order valence-electron chi connectivity index (χ0n) is 14.4. The average molecular weight is 326 g/mol. The molecule has 1 aromatic heterocycles. The van der Waals surface area contributed by atoms with Gasteiger partial charge >= 0.3 is 11.8 Å². The molecule has 0 aliphatic heterocycles. The number of alkyl carbamates (subject to hydrolysis) is 1. The predicted octanol–water partition coefficient (Wildman–Crippen LogP) is 0.498. The summed E-state index contributed by atoms with van der Waals surface area (Å²) in [4.78, 5) is 23.5. The maximum absolute atomic E-state index is 11.8. The van der Waals surface area contributed by atoms with E-state index in [1.807, 2.05) is 0 Å². The first-order valence-corrected chi connectivity index (χ1v) is 7.83. The third-order valence-electron chi connectivity index (χ3n) is 4.09. The average Bonchev–Trinajstić information content (AvgIpc) is 2.90. The molecule has 1 heterocycles. The van der Waals surface area contributed by atoms with Crippen molar-refractivity contribution in [2.45, 2.75) is 51.2 Å². The van der Waals surface area contributed by atoms with Crippen molar-refractivity contribution in [3.05, 3.63) is 16.3 Å². The largest absolute Gasteiger partial charge is 0.444 e. The summed E-state index contributed by atoms with van der Waals surface area (Å²) in [6.07, 6.45) is 0.178. The molecule has 130 valence electrons. The highest BCUT2D eigenvalue weighted by molar-refractivity contribution is 5.67. The van der Waals surface area contributed by atoms with E-state index in [1.165, 1.54) is 9.25 Å². The van der Waals surface area contributed by atoms with Crippen molar-refractivity contribution in [2.24, 2.45) is 20.0 Å². The highest BCUT2D eigenvalue weighted by Gasteiger charge is 2.36. The number of hydrogen-bond donors (Lipinski definition) is 2. The number of nitrogens with one attached hydrogen (secondary N) is 1. The first kappa shape index (κ1) is 17.5. The molecule has 0 saturated heterocycles. The van der Waals surface area contributed by atoms with E-state index in [0.29, 0.717) is 25.2 Å². The lowest BCUT2D eigenvalue weighted by molar-refractivity contribution is 0.0500. The minimum absolute atomic E-state index is 0.00864. The van der Waals surface area contributed by atoms with Crippen molar-refractivity contribution in [3.8, 4) is 0 Å². The molecule has 1 amide bonds. The Morgan fingerprint density at radius 2 is 2.04 bits per heavy atom. The van der Waals surface area contributed by atoms with Crippen LogP contribution in [0.25, 0.3) is 0 Å². The molecule has 0 radical (unpaired) electrons. The number of aromatic nitrogens is 3. The second-order valence-corrected chi connectivity index (χ2v) is 7.20. The molecule has 3 atom stereocenters. The Balaban J connectivity index is 1.95. The van der Waals surface area contributed by atoms with Crippen LogP contribution in [0.4, 0.5) is 4.79 Å². The van der Waals surface area contributed by atoms with E-state index in [1.54, 1.807) is 34.9 Å². The zero-order chi connectivity index (χ0) is 17.4. The van der Waals surface area contributed by atoms with Gasteiger partial charge in [-0.3, -0.25) is 4.57 Å². The normalized spacial score (nSPS) is 24.7. The second-order valence-electron chi connectivity index (χ2n) is 7.20. The lowest BCUT2D eigenvalue weighted by atomic mass is 10.0. The van der Waals surface area contributed by atoms with Crippen molar-refractivity contribution in [1.82, 2.24) is 19.7 Å². The summed E-state index contributed by atoms with van der Waals surface area (Å²) in [5.41, 5.74) is -0.725. The Labute approximate surface area is 135 Å². The van der Waals surface area contributed by atoms with Gasteiger partial charge in [-0.2, -0.15) is 5.10 Å². The van der Waals surface area contributed by atoms with E-state index >= 15 is 0 Å². The minimum Gasteiger partial charge on any atom is -0.444 e. The number of ether oxygens (including phenoxy) is 1. The number of carbonyl (C=O) groups excluding carboxylic acids is 1. The summed E-state index contributed by atoms with van der Waals surface area (Å²) in [5.74, 6) is 0.607. The Kier molecular flexibility index (Phi) is 4.84. The van der Waals surface area contributed by atoms with Crippen LogP contribution in [-0.2, 0) is 18.8 Å². The first-order chi connectivity index (χ1) is 10.6. The van der Waals surface area contributed by atoms with Crippen LogP contribution < -0.4 is 11.0 Å². The molecule has 1 aromatic rings. The molecular weight excluding hydrogens is 300 g/mol. The molecule has 8 nitrogen and oxygen atoms in total. The van der Waals surface area contributed by atoms with Gasteiger partial charge in [0.1, 0.15) is 11.4 Å². The van der Waals surface area contributed by atoms with Gasteiger partial charge in [0.05, 0.1) is 6.10 Å². The van der Waals surface area contributed by atoms with Crippen LogP contribution in [-0.4, -0.2) is 43.8 Å². The lowest BCUT2D eigenvalue weighted by Gasteiger charge is -2.21. The molecule has 0 aromatic carbocycles. The van der Waals surface area contributed by atoms with Crippen molar-refractivity contribution in [1.29, 1.82) is 0 Å². The highest BCUT2D eigenvalue weighted by Crippen LogP contribution is 2.37. The number of aryl methyl sites for hydroxylation is 1. The predicted molar refractivity (Wildman–Crippen MR) is 84.2 cm³/mol. The molecule has 1 fully saturated rings. The first-order valence-electron chi connectivity index (χ1n) is 7.83. The monoisotopic (exact) mass is 326 g/mol. The van der Waals surface area contributed by atoms with Gasteiger partial charge in [0.2, 0.25) is 0 Å². The molecule has 0 bridgehead atoms. The summed E-state index contributed by atoms with van der Waals surface area (Å²) >= 11 is 0. The Morgan fingerprint density at radius 3 is 2.57 bits per heavy atom. The van der Waals surface area contributed by atoms with Gasteiger partial charge in [-0.1, -0.05) is 0 Å². The molecule has 1 aliphatic rings. The summed E-state index contributed by atoms with van der Waals surface area (Å²) in [6, 6.07) is 0. The third-order valence-corrected chi connectivity index (χ3v) is 4.09. The van der Waals surface area contributed by atoms with Gasteiger partial charge < -0.3 is 15.2 Å². The Hall–Kier alpha value is -1.83. The maximum atomic E-state index is 11.8. The van der Waals surface area contributed by atoms with Crippen molar-refractivity contribution in [3.63, 3.8) is 0 Å². The quantitative estimate of drug-likeness (QED) is 0.843. The molecule has 2 N–H and O–H groups in total. The van der Waals surface area contributed by atoms with E-state index in [9.17, 15) is 14.7 Å². The number of hydrogen-bond acceptors (Lipinski definition) is 5. The van der Waals surface area contributed by atoms with Crippen molar-refractivity contribution < 1.29 is 14.6 Å². The van der Waals surface area contributed by atoms with Crippen molar-refractivity contribution >= 4 is 6.09 Å². The van der Waals surface area contributed by atoms with E-state index < -0.39 is 17.8 Å².